The molecule has 0 fully saturated rings. The first-order chi connectivity index (χ1) is 14.2. The largest absolute Gasteiger partial charge is 0.497 e. The van der Waals surface area contributed by atoms with E-state index >= 15 is 0 Å². The quantitative estimate of drug-likeness (QED) is 0.517. The fraction of sp³-hybridized carbons (Fsp3) is 0.280. The van der Waals surface area contributed by atoms with E-state index in [1.165, 1.54) is 16.7 Å². The van der Waals surface area contributed by atoms with E-state index in [0.29, 0.717) is 6.61 Å². The van der Waals surface area contributed by atoms with Crippen LogP contribution in [0.1, 0.15) is 29.7 Å². The number of benzene rings is 3. The summed E-state index contributed by atoms with van der Waals surface area (Å²) in [5.74, 6) is 2.64. The first-order valence-corrected chi connectivity index (χ1v) is 9.94. The van der Waals surface area contributed by atoms with Gasteiger partial charge in [-0.2, -0.15) is 0 Å². The molecule has 0 radical (unpaired) electrons. The summed E-state index contributed by atoms with van der Waals surface area (Å²) in [5, 5.41) is 3.71. The van der Waals surface area contributed by atoms with Gasteiger partial charge in [0.2, 0.25) is 0 Å². The Morgan fingerprint density at radius 1 is 0.759 bits per heavy atom. The summed E-state index contributed by atoms with van der Waals surface area (Å²) in [4.78, 5) is 0. The standard InChI is InChI=1S/C25H29NO3/c1-4-29-24-7-5-6-20(16-24)18-26-25(21-10-14-23(28-3)15-11-21)17-19-8-12-22(27-2)13-9-19/h5-16,25-26H,4,17-18H2,1-3H3. The van der Waals surface area contributed by atoms with E-state index < -0.39 is 0 Å². The number of ether oxygens (including phenoxy) is 3. The summed E-state index contributed by atoms with van der Waals surface area (Å²) in [7, 11) is 3.38. The molecule has 3 aromatic rings. The van der Waals surface area contributed by atoms with Crippen LogP contribution in [-0.2, 0) is 13.0 Å². The van der Waals surface area contributed by atoms with Gasteiger partial charge < -0.3 is 19.5 Å². The molecule has 0 aromatic heterocycles. The zero-order valence-corrected chi connectivity index (χ0v) is 17.4. The van der Waals surface area contributed by atoms with Crippen LogP contribution in [0.3, 0.4) is 0 Å². The third kappa shape index (κ3) is 6.00. The lowest BCUT2D eigenvalue weighted by atomic mass is 9.98. The summed E-state index contributed by atoms with van der Waals surface area (Å²) in [6, 6.07) is 24.9. The van der Waals surface area contributed by atoms with Crippen LogP contribution in [0.4, 0.5) is 0 Å². The fourth-order valence-electron chi connectivity index (χ4n) is 3.29. The van der Waals surface area contributed by atoms with E-state index in [0.717, 1.165) is 30.2 Å². The van der Waals surface area contributed by atoms with Crippen LogP contribution in [0.15, 0.2) is 72.8 Å². The maximum Gasteiger partial charge on any atom is 0.119 e. The average molecular weight is 392 g/mol. The number of hydrogen-bond acceptors (Lipinski definition) is 4. The first kappa shape index (κ1) is 20.7. The van der Waals surface area contributed by atoms with Crippen LogP contribution < -0.4 is 19.5 Å². The lowest BCUT2D eigenvalue weighted by molar-refractivity contribution is 0.339. The SMILES string of the molecule is CCOc1cccc(CNC(Cc2ccc(OC)cc2)c2ccc(OC)cc2)c1. The second kappa shape index (κ2) is 10.5. The van der Waals surface area contributed by atoms with Gasteiger partial charge in [0.25, 0.3) is 0 Å². The maximum atomic E-state index is 5.63. The molecule has 4 nitrogen and oxygen atoms in total. The lowest BCUT2D eigenvalue weighted by Gasteiger charge is -2.20. The molecule has 4 heteroatoms. The van der Waals surface area contributed by atoms with Crippen LogP contribution in [0.5, 0.6) is 17.2 Å². The number of methoxy groups -OCH3 is 2. The molecule has 0 amide bonds. The molecule has 0 aliphatic heterocycles. The molecule has 0 aliphatic rings. The van der Waals surface area contributed by atoms with Gasteiger partial charge in [-0.25, -0.2) is 0 Å². The maximum absolute atomic E-state index is 5.63. The molecule has 0 saturated heterocycles. The second-order valence-electron chi connectivity index (χ2n) is 6.84. The molecule has 3 rings (SSSR count). The Morgan fingerprint density at radius 3 is 2.03 bits per heavy atom. The van der Waals surface area contributed by atoms with Gasteiger partial charge in [0, 0.05) is 12.6 Å². The topological polar surface area (TPSA) is 39.7 Å². The highest BCUT2D eigenvalue weighted by Gasteiger charge is 2.13. The van der Waals surface area contributed by atoms with Crippen molar-refractivity contribution in [3.05, 3.63) is 89.5 Å². The predicted octanol–water partition coefficient (Wildman–Crippen LogP) is 5.18. The van der Waals surface area contributed by atoms with Crippen LogP contribution in [0.2, 0.25) is 0 Å². The van der Waals surface area contributed by atoms with Crippen LogP contribution in [-0.4, -0.2) is 20.8 Å². The molecule has 0 saturated carbocycles. The van der Waals surface area contributed by atoms with Crippen LogP contribution in [0, 0.1) is 0 Å². The molecule has 0 aliphatic carbocycles. The fourth-order valence-corrected chi connectivity index (χ4v) is 3.29. The van der Waals surface area contributed by atoms with Crippen molar-refractivity contribution >= 4 is 0 Å². The van der Waals surface area contributed by atoms with Crippen molar-refractivity contribution in [1.82, 2.24) is 5.32 Å². The lowest BCUT2D eigenvalue weighted by Crippen LogP contribution is -2.23. The van der Waals surface area contributed by atoms with E-state index in [9.17, 15) is 0 Å². The summed E-state index contributed by atoms with van der Waals surface area (Å²) in [6.45, 7) is 3.43. The van der Waals surface area contributed by atoms with Crippen molar-refractivity contribution in [2.75, 3.05) is 20.8 Å². The van der Waals surface area contributed by atoms with Gasteiger partial charge in [0.05, 0.1) is 20.8 Å². The predicted molar refractivity (Wildman–Crippen MR) is 117 cm³/mol. The van der Waals surface area contributed by atoms with E-state index in [1.54, 1.807) is 14.2 Å². The van der Waals surface area contributed by atoms with Gasteiger partial charge in [-0.15, -0.1) is 0 Å². The minimum absolute atomic E-state index is 0.171. The Bertz CT molecular complexity index is 875. The normalized spacial score (nSPS) is 11.7. The van der Waals surface area contributed by atoms with Gasteiger partial charge >= 0.3 is 0 Å². The molecular weight excluding hydrogens is 362 g/mol. The summed E-state index contributed by atoms with van der Waals surface area (Å²) < 4.78 is 16.2. The monoisotopic (exact) mass is 391 g/mol. The van der Waals surface area contributed by atoms with E-state index in [-0.39, 0.29) is 6.04 Å². The zero-order valence-electron chi connectivity index (χ0n) is 17.4. The molecule has 29 heavy (non-hydrogen) atoms. The van der Waals surface area contributed by atoms with Crippen molar-refractivity contribution in [1.29, 1.82) is 0 Å². The third-order valence-corrected chi connectivity index (χ3v) is 4.88. The van der Waals surface area contributed by atoms with E-state index in [4.69, 9.17) is 14.2 Å². The minimum atomic E-state index is 0.171. The van der Waals surface area contributed by atoms with Crippen molar-refractivity contribution < 1.29 is 14.2 Å². The van der Waals surface area contributed by atoms with Gasteiger partial charge in [0.1, 0.15) is 17.2 Å². The summed E-state index contributed by atoms with van der Waals surface area (Å²) >= 11 is 0. The van der Waals surface area contributed by atoms with Crippen molar-refractivity contribution in [2.24, 2.45) is 0 Å². The van der Waals surface area contributed by atoms with E-state index in [1.807, 2.05) is 43.3 Å². The Hall–Kier alpha value is -2.98. The van der Waals surface area contributed by atoms with Gasteiger partial charge in [-0.1, -0.05) is 36.4 Å². The molecule has 1 N–H and O–H groups in total. The number of nitrogens with one attached hydrogen (secondary N) is 1. The smallest absolute Gasteiger partial charge is 0.119 e. The minimum Gasteiger partial charge on any atom is -0.497 e. The summed E-state index contributed by atoms with van der Waals surface area (Å²) in [5.41, 5.74) is 3.67. The molecular formula is C25H29NO3. The molecule has 0 spiro atoms. The zero-order chi connectivity index (χ0) is 20.5. The highest BCUT2D eigenvalue weighted by atomic mass is 16.5. The van der Waals surface area contributed by atoms with Crippen LogP contribution in [0.25, 0.3) is 0 Å². The highest BCUT2D eigenvalue weighted by Crippen LogP contribution is 2.24. The van der Waals surface area contributed by atoms with Crippen molar-refractivity contribution in [3.63, 3.8) is 0 Å². The van der Waals surface area contributed by atoms with Crippen LogP contribution >= 0.6 is 0 Å². The Morgan fingerprint density at radius 2 is 1.41 bits per heavy atom. The third-order valence-electron chi connectivity index (χ3n) is 4.88. The van der Waals surface area contributed by atoms with E-state index in [2.05, 4.69) is 41.7 Å². The molecule has 0 bridgehead atoms. The Kier molecular flexibility index (Phi) is 7.54. The molecule has 152 valence electrons. The number of hydrogen-bond donors (Lipinski definition) is 1. The molecule has 0 heterocycles. The Balaban J connectivity index is 1.76. The first-order valence-electron chi connectivity index (χ1n) is 9.94. The molecule has 3 aromatic carbocycles. The van der Waals surface area contributed by atoms with Crippen molar-refractivity contribution in [3.8, 4) is 17.2 Å². The van der Waals surface area contributed by atoms with Gasteiger partial charge in [-0.05, 0) is 66.4 Å². The number of rotatable bonds is 10. The second-order valence-corrected chi connectivity index (χ2v) is 6.84. The van der Waals surface area contributed by atoms with Crippen molar-refractivity contribution in [2.45, 2.75) is 25.9 Å². The summed E-state index contributed by atoms with van der Waals surface area (Å²) in [6.07, 6.45) is 0.876. The highest BCUT2D eigenvalue weighted by molar-refractivity contribution is 5.33. The van der Waals surface area contributed by atoms with Gasteiger partial charge in [0.15, 0.2) is 0 Å². The molecule has 1 atom stereocenters. The van der Waals surface area contributed by atoms with Gasteiger partial charge in [-0.3, -0.25) is 0 Å². The molecule has 1 unspecified atom stereocenters. The average Bonchev–Trinajstić information content (AvgIpc) is 2.77. The Labute approximate surface area is 173 Å².